The van der Waals surface area contributed by atoms with Crippen molar-refractivity contribution in [3.05, 3.63) is 35.4 Å². The molecule has 1 aromatic rings. The van der Waals surface area contributed by atoms with E-state index in [1.165, 1.54) is 44.1 Å². The van der Waals surface area contributed by atoms with E-state index in [2.05, 4.69) is 12.1 Å². The number of carboxylic acid groups (broad SMARTS) is 1. The Bertz CT molecular complexity index is 423. The van der Waals surface area contributed by atoms with Gasteiger partial charge >= 0.3 is 5.97 Å². The third kappa shape index (κ3) is 4.06. The van der Waals surface area contributed by atoms with E-state index in [-0.39, 0.29) is 0 Å². The number of nitrogens with two attached hydrogens (primary N) is 1. The van der Waals surface area contributed by atoms with E-state index < -0.39 is 12.0 Å². The standard InChI is InChI=1S/C16H23NO2/c17-15(16(18)19)11-12-6-5-9-14(10-12)13-7-3-1-2-4-8-13/h5-6,9-10,13,15H,1-4,7-8,11,17H2,(H,18,19). The van der Waals surface area contributed by atoms with Crippen molar-refractivity contribution in [3.8, 4) is 0 Å². The first kappa shape index (κ1) is 14.1. The topological polar surface area (TPSA) is 63.3 Å². The number of aliphatic carboxylic acids is 1. The quantitative estimate of drug-likeness (QED) is 0.819. The zero-order valence-corrected chi connectivity index (χ0v) is 11.3. The van der Waals surface area contributed by atoms with Gasteiger partial charge in [0, 0.05) is 0 Å². The van der Waals surface area contributed by atoms with Crippen LogP contribution < -0.4 is 5.73 Å². The van der Waals surface area contributed by atoms with Crippen molar-refractivity contribution in [2.45, 2.75) is 56.9 Å². The highest BCUT2D eigenvalue weighted by molar-refractivity contribution is 5.73. The normalized spacial score (nSPS) is 18.8. The summed E-state index contributed by atoms with van der Waals surface area (Å²) in [6.07, 6.45) is 8.24. The van der Waals surface area contributed by atoms with Crippen LogP contribution in [-0.2, 0) is 11.2 Å². The third-order valence-electron chi connectivity index (χ3n) is 4.05. The highest BCUT2D eigenvalue weighted by Crippen LogP contribution is 2.31. The van der Waals surface area contributed by atoms with E-state index in [9.17, 15) is 4.79 Å². The Morgan fingerprint density at radius 2 is 1.95 bits per heavy atom. The zero-order valence-electron chi connectivity index (χ0n) is 11.3. The molecular formula is C16H23NO2. The van der Waals surface area contributed by atoms with Gasteiger partial charge in [-0.15, -0.1) is 0 Å². The molecule has 3 N–H and O–H groups in total. The van der Waals surface area contributed by atoms with Crippen LogP contribution in [0.15, 0.2) is 24.3 Å². The van der Waals surface area contributed by atoms with Crippen molar-refractivity contribution >= 4 is 5.97 Å². The number of hydrogen-bond donors (Lipinski definition) is 2. The third-order valence-corrected chi connectivity index (χ3v) is 4.05. The fourth-order valence-corrected chi connectivity index (χ4v) is 2.93. The summed E-state index contributed by atoms with van der Waals surface area (Å²) < 4.78 is 0. The Labute approximate surface area is 114 Å². The van der Waals surface area contributed by atoms with Gasteiger partial charge in [0.2, 0.25) is 0 Å². The lowest BCUT2D eigenvalue weighted by atomic mass is 9.90. The van der Waals surface area contributed by atoms with Crippen LogP contribution in [0.25, 0.3) is 0 Å². The van der Waals surface area contributed by atoms with Crippen molar-refractivity contribution in [2.24, 2.45) is 5.73 Å². The van der Waals surface area contributed by atoms with Gasteiger partial charge in [0.15, 0.2) is 0 Å². The lowest BCUT2D eigenvalue weighted by Gasteiger charge is -2.16. The number of carboxylic acids is 1. The Hall–Kier alpha value is -1.35. The molecule has 0 amide bonds. The molecule has 0 saturated heterocycles. The minimum atomic E-state index is -0.931. The van der Waals surface area contributed by atoms with Gasteiger partial charge in [-0.25, -0.2) is 0 Å². The molecule has 0 bridgehead atoms. The fraction of sp³-hybridized carbons (Fsp3) is 0.562. The summed E-state index contributed by atoms with van der Waals surface area (Å²) >= 11 is 0. The molecule has 3 heteroatoms. The van der Waals surface area contributed by atoms with Crippen LogP contribution in [-0.4, -0.2) is 17.1 Å². The summed E-state index contributed by atoms with van der Waals surface area (Å²) in [4.78, 5) is 10.8. The molecule has 0 radical (unpaired) electrons. The Balaban J connectivity index is 2.07. The summed E-state index contributed by atoms with van der Waals surface area (Å²) in [6, 6.07) is 7.53. The Morgan fingerprint density at radius 1 is 1.26 bits per heavy atom. The first-order chi connectivity index (χ1) is 9.16. The maximum absolute atomic E-state index is 10.8. The molecule has 1 aliphatic rings. The minimum Gasteiger partial charge on any atom is -0.480 e. The van der Waals surface area contributed by atoms with Crippen molar-refractivity contribution < 1.29 is 9.90 Å². The van der Waals surface area contributed by atoms with Gasteiger partial charge in [-0.2, -0.15) is 0 Å². The van der Waals surface area contributed by atoms with E-state index in [0.717, 1.165) is 5.56 Å². The van der Waals surface area contributed by atoms with Crippen molar-refractivity contribution in [2.75, 3.05) is 0 Å². The van der Waals surface area contributed by atoms with E-state index in [0.29, 0.717) is 12.3 Å². The van der Waals surface area contributed by atoms with Gasteiger partial charge in [-0.3, -0.25) is 4.79 Å². The first-order valence-electron chi connectivity index (χ1n) is 7.24. The molecule has 1 unspecified atom stereocenters. The highest BCUT2D eigenvalue weighted by atomic mass is 16.4. The van der Waals surface area contributed by atoms with Crippen LogP contribution >= 0.6 is 0 Å². The molecule has 19 heavy (non-hydrogen) atoms. The van der Waals surface area contributed by atoms with Gasteiger partial charge < -0.3 is 10.8 Å². The van der Waals surface area contributed by atoms with E-state index >= 15 is 0 Å². The monoisotopic (exact) mass is 261 g/mol. The van der Waals surface area contributed by atoms with Crippen LogP contribution in [0.2, 0.25) is 0 Å². The molecule has 3 nitrogen and oxygen atoms in total. The second kappa shape index (κ2) is 6.71. The molecule has 0 aliphatic heterocycles. The van der Waals surface area contributed by atoms with Crippen LogP contribution in [0, 0.1) is 0 Å². The van der Waals surface area contributed by atoms with Gasteiger partial charge in [-0.05, 0) is 36.3 Å². The summed E-state index contributed by atoms with van der Waals surface area (Å²) in [5.41, 5.74) is 8.00. The average molecular weight is 261 g/mol. The van der Waals surface area contributed by atoms with Crippen LogP contribution in [0.3, 0.4) is 0 Å². The molecular weight excluding hydrogens is 238 g/mol. The highest BCUT2D eigenvalue weighted by Gasteiger charge is 2.16. The summed E-state index contributed by atoms with van der Waals surface area (Å²) in [5, 5.41) is 8.87. The van der Waals surface area contributed by atoms with Crippen molar-refractivity contribution in [3.63, 3.8) is 0 Å². The summed E-state index contributed by atoms with van der Waals surface area (Å²) in [7, 11) is 0. The largest absolute Gasteiger partial charge is 0.480 e. The number of benzene rings is 1. The maximum atomic E-state index is 10.8. The smallest absolute Gasteiger partial charge is 0.320 e. The molecule has 1 atom stereocenters. The van der Waals surface area contributed by atoms with Crippen molar-refractivity contribution in [1.29, 1.82) is 0 Å². The molecule has 0 heterocycles. The number of rotatable bonds is 4. The fourth-order valence-electron chi connectivity index (χ4n) is 2.93. The maximum Gasteiger partial charge on any atom is 0.320 e. The number of hydrogen-bond acceptors (Lipinski definition) is 2. The molecule has 1 aliphatic carbocycles. The molecule has 1 saturated carbocycles. The van der Waals surface area contributed by atoms with Gasteiger partial charge in [0.25, 0.3) is 0 Å². The lowest BCUT2D eigenvalue weighted by molar-refractivity contribution is -0.138. The second-order valence-electron chi connectivity index (χ2n) is 5.58. The SMILES string of the molecule is NC(Cc1cccc(C2CCCCCC2)c1)C(=O)O. The molecule has 104 valence electrons. The summed E-state index contributed by atoms with van der Waals surface area (Å²) in [5.74, 6) is -0.289. The molecule has 2 rings (SSSR count). The van der Waals surface area contributed by atoms with Gasteiger partial charge in [0.05, 0.1) is 0 Å². The molecule has 1 fully saturated rings. The predicted octanol–water partition coefficient (Wildman–Crippen LogP) is 3.08. The first-order valence-corrected chi connectivity index (χ1v) is 7.24. The van der Waals surface area contributed by atoms with Crippen LogP contribution in [0.1, 0.15) is 55.6 Å². The Kier molecular flexibility index (Phi) is 4.97. The zero-order chi connectivity index (χ0) is 13.7. The Morgan fingerprint density at radius 3 is 2.58 bits per heavy atom. The molecule has 0 aromatic heterocycles. The van der Waals surface area contributed by atoms with Crippen molar-refractivity contribution in [1.82, 2.24) is 0 Å². The average Bonchev–Trinajstić information content (AvgIpc) is 2.67. The van der Waals surface area contributed by atoms with Crippen LogP contribution in [0.5, 0.6) is 0 Å². The molecule has 1 aromatic carbocycles. The molecule has 0 spiro atoms. The van der Waals surface area contributed by atoms with Gasteiger partial charge in [0.1, 0.15) is 6.04 Å². The summed E-state index contributed by atoms with van der Waals surface area (Å²) in [6.45, 7) is 0. The van der Waals surface area contributed by atoms with Crippen LogP contribution in [0.4, 0.5) is 0 Å². The van der Waals surface area contributed by atoms with E-state index in [4.69, 9.17) is 10.8 Å². The lowest BCUT2D eigenvalue weighted by Crippen LogP contribution is -2.32. The van der Waals surface area contributed by atoms with E-state index in [1.54, 1.807) is 0 Å². The van der Waals surface area contributed by atoms with Gasteiger partial charge in [-0.1, -0.05) is 49.9 Å². The number of carbonyl (C=O) groups is 1. The minimum absolute atomic E-state index is 0.413. The van der Waals surface area contributed by atoms with E-state index in [1.807, 2.05) is 12.1 Å². The predicted molar refractivity (Wildman–Crippen MR) is 76.2 cm³/mol. The second-order valence-corrected chi connectivity index (χ2v) is 5.58.